The van der Waals surface area contributed by atoms with Crippen LogP contribution in [0.15, 0.2) is 53.4 Å². The van der Waals surface area contributed by atoms with Gasteiger partial charge in [-0.3, -0.25) is 19.6 Å². The molecule has 3 rings (SSSR count). The maximum atomic E-state index is 13.0. The number of hydrogen-bond acceptors (Lipinski definition) is 5. The molecule has 2 aromatic rings. The highest BCUT2D eigenvalue weighted by molar-refractivity contribution is 7.92. The summed E-state index contributed by atoms with van der Waals surface area (Å²) in [5, 5.41) is 10.9. The molecular weight excluding hydrogens is 382 g/mol. The second kappa shape index (κ2) is 7.97. The van der Waals surface area contributed by atoms with Gasteiger partial charge in [-0.05, 0) is 44.4 Å². The Morgan fingerprint density at radius 3 is 2.64 bits per heavy atom. The maximum absolute atomic E-state index is 13.0. The number of nitrogens with one attached hydrogen (secondary N) is 1. The molecule has 0 aromatic heterocycles. The van der Waals surface area contributed by atoms with Gasteiger partial charge in [0.15, 0.2) is 0 Å². The van der Waals surface area contributed by atoms with Crippen LogP contribution in [0.1, 0.15) is 36.5 Å². The van der Waals surface area contributed by atoms with Gasteiger partial charge in [0.05, 0.1) is 21.1 Å². The third kappa shape index (κ3) is 4.14. The largest absolute Gasteiger partial charge is 0.336 e. The molecule has 0 aliphatic carbocycles. The van der Waals surface area contributed by atoms with Crippen LogP contribution in [-0.2, 0) is 10.0 Å². The van der Waals surface area contributed by atoms with Crippen molar-refractivity contribution in [1.82, 2.24) is 4.90 Å². The quantitative estimate of drug-likeness (QED) is 0.608. The van der Waals surface area contributed by atoms with E-state index in [9.17, 15) is 23.3 Å². The number of rotatable bonds is 5. The molecule has 9 heteroatoms. The van der Waals surface area contributed by atoms with Gasteiger partial charge in [-0.2, -0.15) is 0 Å². The second-order valence-corrected chi connectivity index (χ2v) is 8.43. The molecule has 0 saturated carbocycles. The van der Waals surface area contributed by atoms with Crippen molar-refractivity contribution in [2.75, 3.05) is 11.3 Å². The van der Waals surface area contributed by atoms with Crippen molar-refractivity contribution in [3.8, 4) is 0 Å². The Bertz CT molecular complexity index is 1010. The number of non-ortho nitro benzene ring substituents is 1. The number of carbonyl (C=O) groups excluding carboxylic acids is 1. The summed E-state index contributed by atoms with van der Waals surface area (Å²) in [4.78, 5) is 24.8. The molecule has 1 unspecified atom stereocenters. The van der Waals surface area contributed by atoms with Crippen molar-refractivity contribution in [3.63, 3.8) is 0 Å². The summed E-state index contributed by atoms with van der Waals surface area (Å²) < 4.78 is 27.9. The standard InChI is InChI=1S/C19H21N3O5S/c1-14-7-4-5-12-21(14)19(23)17-10-2-3-11-18(17)20-28(26,27)16-9-6-8-15(13-16)22(24)25/h2-3,6,8-11,13-14,20H,4-5,7,12H2,1H3. The van der Waals surface area contributed by atoms with E-state index in [1.165, 1.54) is 24.3 Å². The molecule has 1 heterocycles. The molecular formula is C19H21N3O5S. The molecule has 1 aliphatic heterocycles. The van der Waals surface area contributed by atoms with E-state index in [2.05, 4.69) is 4.72 Å². The summed E-state index contributed by atoms with van der Waals surface area (Å²) in [6.07, 6.45) is 2.89. The minimum Gasteiger partial charge on any atom is -0.336 e. The zero-order chi connectivity index (χ0) is 20.3. The lowest BCUT2D eigenvalue weighted by Gasteiger charge is -2.34. The summed E-state index contributed by atoms with van der Waals surface area (Å²) >= 11 is 0. The van der Waals surface area contributed by atoms with E-state index in [1.54, 1.807) is 23.1 Å². The number of nitro groups is 1. The van der Waals surface area contributed by atoms with E-state index in [1.807, 2.05) is 6.92 Å². The number of anilines is 1. The first-order valence-electron chi connectivity index (χ1n) is 8.97. The van der Waals surface area contributed by atoms with Crippen LogP contribution in [0.3, 0.4) is 0 Å². The summed E-state index contributed by atoms with van der Waals surface area (Å²) in [6, 6.07) is 11.3. The zero-order valence-electron chi connectivity index (χ0n) is 15.4. The molecule has 148 valence electrons. The zero-order valence-corrected chi connectivity index (χ0v) is 16.2. The van der Waals surface area contributed by atoms with Gasteiger partial charge < -0.3 is 4.90 Å². The molecule has 8 nitrogen and oxygen atoms in total. The van der Waals surface area contributed by atoms with Crippen LogP contribution >= 0.6 is 0 Å². The number of sulfonamides is 1. The van der Waals surface area contributed by atoms with Gasteiger partial charge in [0.1, 0.15) is 0 Å². The van der Waals surface area contributed by atoms with Crippen molar-refractivity contribution in [2.45, 2.75) is 37.1 Å². The van der Waals surface area contributed by atoms with E-state index >= 15 is 0 Å². The fourth-order valence-corrected chi connectivity index (χ4v) is 4.40. The predicted molar refractivity (Wildman–Crippen MR) is 105 cm³/mol. The number of benzene rings is 2. The third-order valence-corrected chi connectivity index (χ3v) is 6.17. The Hall–Kier alpha value is -2.94. The first kappa shape index (κ1) is 19.8. The molecule has 28 heavy (non-hydrogen) atoms. The molecule has 1 atom stereocenters. The summed E-state index contributed by atoms with van der Waals surface area (Å²) in [7, 11) is -4.09. The molecule has 0 bridgehead atoms. The fraction of sp³-hybridized carbons (Fsp3) is 0.316. The number of amides is 1. The Morgan fingerprint density at radius 1 is 1.18 bits per heavy atom. The van der Waals surface area contributed by atoms with Crippen LogP contribution in [0.2, 0.25) is 0 Å². The first-order valence-corrected chi connectivity index (χ1v) is 10.4. The maximum Gasteiger partial charge on any atom is 0.270 e. The summed E-state index contributed by atoms with van der Waals surface area (Å²) in [6.45, 7) is 2.61. The van der Waals surface area contributed by atoms with E-state index < -0.39 is 14.9 Å². The van der Waals surface area contributed by atoms with Crippen LogP contribution in [0, 0.1) is 10.1 Å². The van der Waals surface area contributed by atoms with Gasteiger partial charge in [-0.1, -0.05) is 18.2 Å². The van der Waals surface area contributed by atoms with E-state index in [0.717, 1.165) is 25.3 Å². The molecule has 0 spiro atoms. The Balaban J connectivity index is 1.92. The molecule has 1 aliphatic rings. The van der Waals surface area contributed by atoms with Crippen LogP contribution in [0.5, 0.6) is 0 Å². The number of carbonyl (C=O) groups is 1. The lowest BCUT2D eigenvalue weighted by Crippen LogP contribution is -2.42. The van der Waals surface area contributed by atoms with Gasteiger partial charge in [0.25, 0.3) is 21.6 Å². The summed E-state index contributed by atoms with van der Waals surface area (Å²) in [5.74, 6) is -0.232. The highest BCUT2D eigenvalue weighted by Gasteiger charge is 2.27. The van der Waals surface area contributed by atoms with Gasteiger partial charge >= 0.3 is 0 Å². The molecule has 1 amide bonds. The average molecular weight is 403 g/mol. The van der Waals surface area contributed by atoms with Crippen molar-refractivity contribution >= 4 is 27.3 Å². The minimum absolute atomic E-state index is 0.0858. The average Bonchev–Trinajstić information content (AvgIpc) is 2.68. The van der Waals surface area contributed by atoms with E-state index in [-0.39, 0.29) is 33.8 Å². The van der Waals surface area contributed by atoms with Gasteiger partial charge in [-0.15, -0.1) is 0 Å². The number of nitro benzene ring substituents is 1. The lowest BCUT2D eigenvalue weighted by molar-refractivity contribution is -0.385. The van der Waals surface area contributed by atoms with Crippen molar-refractivity contribution in [1.29, 1.82) is 0 Å². The molecule has 1 fully saturated rings. The van der Waals surface area contributed by atoms with Crippen LogP contribution in [0.4, 0.5) is 11.4 Å². The SMILES string of the molecule is CC1CCCCN1C(=O)c1ccccc1NS(=O)(=O)c1cccc([N+](=O)[O-])c1. The number of hydrogen-bond donors (Lipinski definition) is 1. The topological polar surface area (TPSA) is 110 Å². The number of para-hydroxylation sites is 1. The number of piperidine rings is 1. The number of nitrogens with zero attached hydrogens (tertiary/aromatic N) is 2. The first-order chi connectivity index (χ1) is 13.3. The van der Waals surface area contributed by atoms with Gasteiger partial charge in [-0.25, -0.2) is 8.42 Å². The molecule has 1 N–H and O–H groups in total. The molecule has 1 saturated heterocycles. The smallest absolute Gasteiger partial charge is 0.270 e. The Labute approximate surface area is 163 Å². The monoisotopic (exact) mass is 403 g/mol. The lowest BCUT2D eigenvalue weighted by atomic mass is 10.0. The predicted octanol–water partition coefficient (Wildman–Crippen LogP) is 3.41. The van der Waals surface area contributed by atoms with Crippen molar-refractivity contribution in [3.05, 3.63) is 64.2 Å². The van der Waals surface area contributed by atoms with Crippen molar-refractivity contribution in [2.24, 2.45) is 0 Å². The Kier molecular flexibility index (Phi) is 5.64. The Morgan fingerprint density at radius 2 is 1.93 bits per heavy atom. The van der Waals surface area contributed by atoms with Crippen LogP contribution < -0.4 is 4.72 Å². The number of likely N-dealkylation sites (tertiary alicyclic amines) is 1. The van der Waals surface area contributed by atoms with E-state index in [0.29, 0.717) is 6.54 Å². The van der Waals surface area contributed by atoms with Crippen LogP contribution in [0.25, 0.3) is 0 Å². The van der Waals surface area contributed by atoms with Crippen LogP contribution in [-0.4, -0.2) is 36.7 Å². The van der Waals surface area contributed by atoms with Gasteiger partial charge in [0.2, 0.25) is 0 Å². The fourth-order valence-electron chi connectivity index (χ4n) is 3.28. The second-order valence-electron chi connectivity index (χ2n) is 6.75. The normalized spacial score (nSPS) is 17.2. The molecule has 2 aromatic carbocycles. The van der Waals surface area contributed by atoms with E-state index in [4.69, 9.17) is 0 Å². The minimum atomic E-state index is -4.09. The third-order valence-electron chi connectivity index (χ3n) is 4.80. The summed E-state index contributed by atoms with van der Waals surface area (Å²) in [5.41, 5.74) is 0.0800. The highest BCUT2D eigenvalue weighted by Crippen LogP contribution is 2.26. The van der Waals surface area contributed by atoms with Crippen molar-refractivity contribution < 1.29 is 18.1 Å². The molecule has 0 radical (unpaired) electrons. The highest BCUT2D eigenvalue weighted by atomic mass is 32.2. The van der Waals surface area contributed by atoms with Gasteiger partial charge in [0, 0.05) is 24.7 Å².